The standard InChI is InChI=1S/C8H6O6/c1-2(9)13-6(10)3-4-5(3)8(12)14-7(4)11/h3-5H,1H3/t3?,4-,5+. The van der Waals surface area contributed by atoms with E-state index in [1.54, 1.807) is 0 Å². The maximum absolute atomic E-state index is 11.1. The van der Waals surface area contributed by atoms with Crippen LogP contribution in [-0.4, -0.2) is 23.9 Å². The SMILES string of the molecule is CC(=O)OC(=O)C1[C@H]2C(=O)OC(=O)[C@@H]12. The Bertz CT molecular complexity index is 337. The summed E-state index contributed by atoms with van der Waals surface area (Å²) < 4.78 is 8.51. The molecule has 6 heteroatoms. The summed E-state index contributed by atoms with van der Waals surface area (Å²) in [6.45, 7) is 1.08. The van der Waals surface area contributed by atoms with E-state index in [-0.39, 0.29) is 0 Å². The fourth-order valence-electron chi connectivity index (χ4n) is 1.64. The van der Waals surface area contributed by atoms with Gasteiger partial charge in [-0.15, -0.1) is 0 Å². The third-order valence-electron chi connectivity index (χ3n) is 2.28. The van der Waals surface area contributed by atoms with Crippen molar-refractivity contribution in [3.05, 3.63) is 0 Å². The highest BCUT2D eigenvalue weighted by Crippen LogP contribution is 2.52. The molecule has 0 radical (unpaired) electrons. The number of fused-ring (bicyclic) bond motifs is 1. The Morgan fingerprint density at radius 2 is 1.71 bits per heavy atom. The Kier molecular flexibility index (Phi) is 1.67. The summed E-state index contributed by atoms with van der Waals surface area (Å²) in [5, 5.41) is 0. The Labute approximate surface area is 78.2 Å². The van der Waals surface area contributed by atoms with E-state index in [2.05, 4.69) is 9.47 Å². The molecule has 74 valence electrons. The molecule has 1 unspecified atom stereocenters. The minimum atomic E-state index is -0.822. The van der Waals surface area contributed by atoms with Gasteiger partial charge in [0, 0.05) is 6.92 Å². The van der Waals surface area contributed by atoms with Crippen molar-refractivity contribution in [2.45, 2.75) is 6.92 Å². The molecule has 1 heterocycles. The fraction of sp³-hybridized carbons (Fsp3) is 0.500. The van der Waals surface area contributed by atoms with E-state index < -0.39 is 41.6 Å². The predicted octanol–water partition coefficient (Wildman–Crippen LogP) is -0.978. The molecule has 1 saturated carbocycles. The van der Waals surface area contributed by atoms with Crippen LogP contribution in [0, 0.1) is 17.8 Å². The molecule has 14 heavy (non-hydrogen) atoms. The normalized spacial score (nSPS) is 33.4. The maximum atomic E-state index is 11.1. The summed E-state index contributed by atoms with van der Waals surface area (Å²) in [5.74, 6) is -5.24. The minimum Gasteiger partial charge on any atom is -0.393 e. The van der Waals surface area contributed by atoms with Gasteiger partial charge in [0.05, 0.1) is 17.8 Å². The molecule has 0 aromatic heterocycles. The van der Waals surface area contributed by atoms with Crippen LogP contribution in [0.25, 0.3) is 0 Å². The molecule has 0 aromatic carbocycles. The summed E-state index contributed by atoms with van der Waals surface area (Å²) in [5.41, 5.74) is 0. The van der Waals surface area contributed by atoms with E-state index in [9.17, 15) is 19.2 Å². The van der Waals surface area contributed by atoms with Gasteiger partial charge in [0.15, 0.2) is 0 Å². The van der Waals surface area contributed by atoms with E-state index in [1.165, 1.54) is 0 Å². The third-order valence-corrected chi connectivity index (χ3v) is 2.28. The van der Waals surface area contributed by atoms with Gasteiger partial charge in [-0.05, 0) is 0 Å². The average Bonchev–Trinajstić information content (AvgIpc) is 2.69. The molecule has 2 aliphatic rings. The molecule has 1 aliphatic carbocycles. The lowest BCUT2D eigenvalue weighted by Crippen LogP contribution is -2.19. The van der Waals surface area contributed by atoms with E-state index >= 15 is 0 Å². The molecule has 1 saturated heterocycles. The Morgan fingerprint density at radius 3 is 2.14 bits per heavy atom. The van der Waals surface area contributed by atoms with Gasteiger partial charge in [-0.2, -0.15) is 0 Å². The first-order valence-corrected chi connectivity index (χ1v) is 4.00. The van der Waals surface area contributed by atoms with Crippen LogP contribution in [0.4, 0.5) is 0 Å². The summed E-state index contributed by atoms with van der Waals surface area (Å²) in [4.78, 5) is 43.3. The number of hydrogen-bond acceptors (Lipinski definition) is 6. The van der Waals surface area contributed by atoms with Gasteiger partial charge >= 0.3 is 23.9 Å². The smallest absolute Gasteiger partial charge is 0.318 e. The highest BCUT2D eigenvalue weighted by molar-refractivity contribution is 6.07. The molecular formula is C8H6O6. The number of carbonyl (C=O) groups excluding carboxylic acids is 4. The molecular weight excluding hydrogens is 192 g/mol. The van der Waals surface area contributed by atoms with Crippen molar-refractivity contribution < 1.29 is 28.7 Å². The zero-order valence-corrected chi connectivity index (χ0v) is 7.18. The van der Waals surface area contributed by atoms with Crippen LogP contribution in [0.3, 0.4) is 0 Å². The lowest BCUT2D eigenvalue weighted by Gasteiger charge is -2.00. The Balaban J connectivity index is 2.05. The zero-order chi connectivity index (χ0) is 10.5. The van der Waals surface area contributed by atoms with E-state index in [0.717, 1.165) is 6.92 Å². The van der Waals surface area contributed by atoms with Gasteiger partial charge in [0.25, 0.3) is 0 Å². The lowest BCUT2D eigenvalue weighted by atomic mass is 10.3. The largest absolute Gasteiger partial charge is 0.393 e. The molecule has 0 bridgehead atoms. The number of hydrogen-bond donors (Lipinski definition) is 0. The van der Waals surface area contributed by atoms with Crippen LogP contribution >= 0.6 is 0 Å². The number of ether oxygens (including phenoxy) is 2. The highest BCUT2D eigenvalue weighted by atomic mass is 16.6. The van der Waals surface area contributed by atoms with Crippen LogP contribution < -0.4 is 0 Å². The van der Waals surface area contributed by atoms with Crippen LogP contribution in [0.2, 0.25) is 0 Å². The van der Waals surface area contributed by atoms with E-state index in [0.29, 0.717) is 0 Å². The highest BCUT2D eigenvalue weighted by Gasteiger charge is 2.70. The second kappa shape index (κ2) is 2.63. The topological polar surface area (TPSA) is 86.7 Å². The Morgan fingerprint density at radius 1 is 1.21 bits per heavy atom. The van der Waals surface area contributed by atoms with Crippen LogP contribution in [0.5, 0.6) is 0 Å². The minimum absolute atomic E-state index is 0.703. The molecule has 0 aromatic rings. The second-order valence-electron chi connectivity index (χ2n) is 3.23. The number of rotatable bonds is 1. The van der Waals surface area contributed by atoms with Gasteiger partial charge in [0.1, 0.15) is 0 Å². The zero-order valence-electron chi connectivity index (χ0n) is 7.18. The molecule has 0 amide bonds. The molecule has 1 aliphatic heterocycles. The summed E-state index contributed by atoms with van der Waals surface area (Å²) in [6, 6.07) is 0. The van der Waals surface area contributed by atoms with Gasteiger partial charge in [0.2, 0.25) is 0 Å². The molecule has 2 rings (SSSR count). The first-order chi connectivity index (χ1) is 6.52. The first kappa shape index (κ1) is 8.86. The molecule has 2 fully saturated rings. The second-order valence-corrected chi connectivity index (χ2v) is 3.23. The molecule has 0 N–H and O–H groups in total. The van der Waals surface area contributed by atoms with Crippen molar-refractivity contribution in [3.8, 4) is 0 Å². The van der Waals surface area contributed by atoms with Crippen LogP contribution in [0.1, 0.15) is 6.92 Å². The van der Waals surface area contributed by atoms with Crippen LogP contribution in [-0.2, 0) is 28.7 Å². The van der Waals surface area contributed by atoms with E-state index in [4.69, 9.17) is 0 Å². The predicted molar refractivity (Wildman–Crippen MR) is 38.3 cm³/mol. The van der Waals surface area contributed by atoms with Crippen molar-refractivity contribution in [1.82, 2.24) is 0 Å². The first-order valence-electron chi connectivity index (χ1n) is 4.00. The third kappa shape index (κ3) is 1.11. The van der Waals surface area contributed by atoms with Crippen molar-refractivity contribution in [1.29, 1.82) is 0 Å². The fourth-order valence-corrected chi connectivity index (χ4v) is 1.64. The van der Waals surface area contributed by atoms with Crippen molar-refractivity contribution >= 4 is 23.9 Å². The van der Waals surface area contributed by atoms with Gasteiger partial charge in [-0.25, -0.2) is 0 Å². The van der Waals surface area contributed by atoms with Crippen molar-refractivity contribution in [3.63, 3.8) is 0 Å². The van der Waals surface area contributed by atoms with Gasteiger partial charge in [-0.1, -0.05) is 0 Å². The van der Waals surface area contributed by atoms with Crippen molar-refractivity contribution in [2.75, 3.05) is 0 Å². The monoisotopic (exact) mass is 198 g/mol. The number of cyclic esters (lactones) is 2. The molecule has 6 nitrogen and oxygen atoms in total. The maximum Gasteiger partial charge on any atom is 0.318 e. The van der Waals surface area contributed by atoms with Gasteiger partial charge in [-0.3, -0.25) is 19.2 Å². The van der Waals surface area contributed by atoms with E-state index in [1.807, 2.05) is 0 Å². The quantitative estimate of drug-likeness (QED) is 0.397. The summed E-state index contributed by atoms with van der Waals surface area (Å²) in [6.07, 6.45) is 0. The lowest BCUT2D eigenvalue weighted by molar-refractivity contribution is -0.165. The molecule has 3 atom stereocenters. The number of carbonyl (C=O) groups is 4. The summed E-state index contributed by atoms with van der Waals surface area (Å²) >= 11 is 0. The van der Waals surface area contributed by atoms with Crippen molar-refractivity contribution in [2.24, 2.45) is 17.8 Å². The summed E-state index contributed by atoms with van der Waals surface area (Å²) in [7, 11) is 0. The Hall–Kier alpha value is -1.72. The number of esters is 4. The van der Waals surface area contributed by atoms with Gasteiger partial charge < -0.3 is 9.47 Å². The average molecular weight is 198 g/mol. The molecule has 0 spiro atoms. The van der Waals surface area contributed by atoms with Crippen LogP contribution in [0.15, 0.2) is 0 Å².